The first kappa shape index (κ1) is 14.0. The number of rotatable bonds is 4. The molecule has 1 aromatic heterocycles. The van der Waals surface area contributed by atoms with Crippen molar-refractivity contribution in [3.8, 4) is 5.75 Å². The molecule has 2 rings (SSSR count). The van der Waals surface area contributed by atoms with Crippen molar-refractivity contribution in [2.45, 2.75) is 12.8 Å². The van der Waals surface area contributed by atoms with E-state index in [1.54, 1.807) is 0 Å². The number of aromatic amines is 2. The van der Waals surface area contributed by atoms with Crippen LogP contribution in [0.2, 0.25) is 0 Å². The van der Waals surface area contributed by atoms with E-state index in [-0.39, 0.29) is 24.2 Å². The molecule has 0 radical (unpaired) electrons. The van der Waals surface area contributed by atoms with Gasteiger partial charge in [0.1, 0.15) is 5.82 Å². The molecule has 2 N–H and O–H groups in total. The van der Waals surface area contributed by atoms with Gasteiger partial charge in [-0.15, -0.1) is 0 Å². The van der Waals surface area contributed by atoms with E-state index in [4.69, 9.17) is 0 Å². The van der Waals surface area contributed by atoms with Crippen LogP contribution in [-0.4, -0.2) is 17.3 Å². The van der Waals surface area contributed by atoms with Crippen molar-refractivity contribution in [3.63, 3.8) is 0 Å². The third-order valence-corrected chi connectivity index (χ3v) is 2.85. The highest BCUT2D eigenvalue weighted by atomic mass is 19.1. The molecular weight excluding hydrogens is 270 g/mol. The number of aromatic nitrogens is 2. The van der Waals surface area contributed by atoms with Crippen LogP contribution in [0, 0.1) is 11.6 Å². The van der Waals surface area contributed by atoms with Gasteiger partial charge in [-0.05, 0) is 24.5 Å². The predicted molar refractivity (Wildman–Crippen MR) is 68.0 cm³/mol. The number of ether oxygens (including phenoxy) is 1. The Morgan fingerprint density at radius 3 is 2.45 bits per heavy atom. The zero-order valence-corrected chi connectivity index (χ0v) is 10.6. The fourth-order valence-corrected chi connectivity index (χ4v) is 1.78. The third kappa shape index (κ3) is 2.93. The van der Waals surface area contributed by atoms with Gasteiger partial charge in [-0.1, -0.05) is 0 Å². The van der Waals surface area contributed by atoms with Crippen LogP contribution in [0.25, 0.3) is 0 Å². The number of methoxy groups -OCH3 is 1. The Kier molecular flexibility index (Phi) is 3.97. The molecule has 0 unspecified atom stereocenters. The molecule has 0 bridgehead atoms. The topological polar surface area (TPSA) is 75.0 Å². The van der Waals surface area contributed by atoms with Crippen LogP contribution in [0.3, 0.4) is 0 Å². The predicted octanol–water partition coefficient (Wildman–Crippen LogP) is 1.14. The molecule has 5 nitrogen and oxygen atoms in total. The minimum atomic E-state index is -0.754. The minimum absolute atomic E-state index is 0.162. The van der Waals surface area contributed by atoms with Crippen molar-refractivity contribution < 1.29 is 13.5 Å². The molecule has 1 heterocycles. The van der Waals surface area contributed by atoms with E-state index in [0.717, 1.165) is 18.2 Å². The van der Waals surface area contributed by atoms with Crippen molar-refractivity contribution in [1.82, 2.24) is 10.2 Å². The van der Waals surface area contributed by atoms with E-state index >= 15 is 0 Å². The molecule has 0 fully saturated rings. The summed E-state index contributed by atoms with van der Waals surface area (Å²) in [6.45, 7) is 0. The van der Waals surface area contributed by atoms with Crippen LogP contribution in [-0.2, 0) is 12.8 Å². The summed E-state index contributed by atoms with van der Waals surface area (Å²) in [4.78, 5) is 22.0. The van der Waals surface area contributed by atoms with Crippen LogP contribution in [0.4, 0.5) is 8.78 Å². The molecule has 20 heavy (non-hydrogen) atoms. The maximum Gasteiger partial charge on any atom is 0.310 e. The summed E-state index contributed by atoms with van der Waals surface area (Å²) >= 11 is 0. The van der Waals surface area contributed by atoms with Gasteiger partial charge in [-0.3, -0.25) is 14.7 Å². The molecule has 2 aromatic rings. The molecule has 0 atom stereocenters. The largest absolute Gasteiger partial charge is 0.494 e. The first-order valence-corrected chi connectivity index (χ1v) is 5.84. The van der Waals surface area contributed by atoms with E-state index in [0.29, 0.717) is 5.69 Å². The van der Waals surface area contributed by atoms with Crippen molar-refractivity contribution in [1.29, 1.82) is 0 Å². The molecule has 0 aliphatic rings. The smallest absolute Gasteiger partial charge is 0.310 e. The zero-order valence-electron chi connectivity index (χ0n) is 10.6. The summed E-state index contributed by atoms with van der Waals surface area (Å²) in [5.41, 5.74) is -0.837. The number of halogens is 2. The van der Waals surface area contributed by atoms with E-state index in [2.05, 4.69) is 14.9 Å². The van der Waals surface area contributed by atoms with Gasteiger partial charge in [-0.25, -0.2) is 8.78 Å². The van der Waals surface area contributed by atoms with Gasteiger partial charge >= 0.3 is 5.56 Å². The van der Waals surface area contributed by atoms with Crippen LogP contribution in [0.5, 0.6) is 5.75 Å². The Bertz CT molecular complexity index is 737. The van der Waals surface area contributed by atoms with Crippen molar-refractivity contribution in [3.05, 3.63) is 61.7 Å². The fourth-order valence-electron chi connectivity index (χ4n) is 1.78. The van der Waals surface area contributed by atoms with Crippen molar-refractivity contribution in [2.24, 2.45) is 0 Å². The Morgan fingerprint density at radius 2 is 1.80 bits per heavy atom. The number of aryl methyl sites for hydroxylation is 2. The van der Waals surface area contributed by atoms with Crippen LogP contribution >= 0.6 is 0 Å². The van der Waals surface area contributed by atoms with Crippen molar-refractivity contribution >= 4 is 0 Å². The maximum absolute atomic E-state index is 13.7. The fraction of sp³-hybridized carbons (Fsp3) is 0.231. The second-order valence-electron chi connectivity index (χ2n) is 4.19. The lowest BCUT2D eigenvalue weighted by molar-refractivity contribution is 0.382. The van der Waals surface area contributed by atoms with Gasteiger partial charge in [0.2, 0.25) is 5.43 Å². The normalized spacial score (nSPS) is 10.6. The Balaban J connectivity index is 2.18. The summed E-state index contributed by atoms with van der Waals surface area (Å²) in [7, 11) is 1.25. The lowest BCUT2D eigenvalue weighted by atomic mass is 10.1. The standard InChI is InChI=1S/C13H12F2N2O3/c1-20-12-6-9(14)7(4-10(12)15)2-3-8-5-11(18)13(19)17-16-8/h4-6H,2-3H2,1H3,(H,16,18)(H,17,19). The Hall–Kier alpha value is -2.44. The van der Waals surface area contributed by atoms with Crippen LogP contribution < -0.4 is 15.7 Å². The lowest BCUT2D eigenvalue weighted by Gasteiger charge is -2.07. The Morgan fingerprint density at radius 1 is 1.05 bits per heavy atom. The molecule has 7 heteroatoms. The van der Waals surface area contributed by atoms with Gasteiger partial charge in [-0.2, -0.15) is 0 Å². The Labute approximate surface area is 112 Å². The van der Waals surface area contributed by atoms with E-state index in [9.17, 15) is 18.4 Å². The highest BCUT2D eigenvalue weighted by Gasteiger charge is 2.10. The molecular formula is C13H12F2N2O3. The summed E-state index contributed by atoms with van der Waals surface area (Å²) in [6.07, 6.45) is 0.434. The molecule has 0 aliphatic carbocycles. The van der Waals surface area contributed by atoms with Gasteiger partial charge in [0.05, 0.1) is 7.11 Å². The number of H-pyrrole nitrogens is 2. The SMILES string of the molecule is COc1cc(F)c(CCc2cc(=O)c(=O)[nH][nH]2)cc1F. The number of nitrogens with one attached hydrogen (secondary N) is 2. The minimum Gasteiger partial charge on any atom is -0.494 e. The number of benzene rings is 1. The molecule has 0 saturated heterocycles. The quantitative estimate of drug-likeness (QED) is 0.826. The van der Waals surface area contributed by atoms with Crippen LogP contribution in [0.1, 0.15) is 11.3 Å². The maximum atomic E-state index is 13.7. The summed E-state index contributed by atoms with van der Waals surface area (Å²) in [5, 5.41) is 4.69. The average Bonchev–Trinajstić information content (AvgIpc) is 2.43. The molecule has 0 amide bonds. The summed E-state index contributed by atoms with van der Waals surface area (Å²) in [6, 6.07) is 3.16. The number of hydrogen-bond donors (Lipinski definition) is 2. The molecule has 0 saturated carbocycles. The van der Waals surface area contributed by atoms with Gasteiger partial charge in [0, 0.05) is 17.8 Å². The molecule has 0 aliphatic heterocycles. The second kappa shape index (κ2) is 5.68. The molecule has 0 spiro atoms. The summed E-state index contributed by atoms with van der Waals surface area (Å²) in [5.74, 6) is -1.41. The average molecular weight is 282 g/mol. The van der Waals surface area contributed by atoms with E-state index < -0.39 is 22.6 Å². The number of hydrogen-bond acceptors (Lipinski definition) is 3. The second-order valence-corrected chi connectivity index (χ2v) is 4.19. The highest BCUT2D eigenvalue weighted by Crippen LogP contribution is 2.22. The monoisotopic (exact) mass is 282 g/mol. The van der Waals surface area contributed by atoms with Crippen LogP contribution in [0.15, 0.2) is 27.8 Å². The summed E-state index contributed by atoms with van der Waals surface area (Å²) < 4.78 is 31.8. The molecule has 1 aromatic carbocycles. The van der Waals surface area contributed by atoms with Crippen molar-refractivity contribution in [2.75, 3.05) is 7.11 Å². The highest BCUT2D eigenvalue weighted by molar-refractivity contribution is 5.31. The molecule has 106 valence electrons. The van der Waals surface area contributed by atoms with E-state index in [1.165, 1.54) is 7.11 Å². The van der Waals surface area contributed by atoms with Gasteiger partial charge in [0.15, 0.2) is 11.6 Å². The zero-order chi connectivity index (χ0) is 14.7. The van der Waals surface area contributed by atoms with E-state index in [1.807, 2.05) is 0 Å². The third-order valence-electron chi connectivity index (χ3n) is 2.85. The first-order valence-electron chi connectivity index (χ1n) is 5.84. The van der Waals surface area contributed by atoms with Gasteiger partial charge < -0.3 is 9.84 Å². The first-order chi connectivity index (χ1) is 9.51. The lowest BCUT2D eigenvalue weighted by Crippen LogP contribution is -2.27. The van der Waals surface area contributed by atoms with Gasteiger partial charge in [0.25, 0.3) is 0 Å².